The third-order valence-electron chi connectivity index (χ3n) is 5.14. The Morgan fingerprint density at radius 3 is 2.12 bits per heavy atom. The van der Waals surface area contributed by atoms with E-state index in [9.17, 15) is 0 Å². The van der Waals surface area contributed by atoms with Gasteiger partial charge in [0.05, 0.1) is 0 Å². The third kappa shape index (κ3) is 4.80. The molecule has 26 heavy (non-hydrogen) atoms. The SMILES string of the molecule is CC1=Cc2ccccc2[CH]1[Ti]([Cl])([Cl])([BH]N(C(C)C)C(C)C)[NH]C(C)(C)C. The van der Waals surface area contributed by atoms with Crippen molar-refractivity contribution in [1.29, 1.82) is 0 Å². The number of benzene rings is 1. The number of fused-ring (bicyclic) bond motifs is 1. The minimum absolute atomic E-state index is 0.0748. The first-order valence-corrected chi connectivity index (χ1v) is 16.7. The normalized spacial score (nSPS) is 19.5. The molecule has 0 spiro atoms. The molecule has 2 nitrogen and oxygen atoms in total. The monoisotopic (exact) mass is 431 g/mol. The Balaban J connectivity index is 2.61. The van der Waals surface area contributed by atoms with Gasteiger partial charge >= 0.3 is 170 Å². The third-order valence-corrected chi connectivity index (χ3v) is 15.1. The van der Waals surface area contributed by atoms with Crippen LogP contribution in [0.4, 0.5) is 0 Å². The molecule has 0 aromatic heterocycles. The van der Waals surface area contributed by atoms with Gasteiger partial charge in [0.25, 0.3) is 0 Å². The predicted octanol–water partition coefficient (Wildman–Crippen LogP) is 5.83. The maximum absolute atomic E-state index is 7.65. The first-order chi connectivity index (χ1) is 11.7. The topological polar surface area (TPSA) is 15.3 Å². The van der Waals surface area contributed by atoms with Gasteiger partial charge in [-0.05, 0) is 0 Å². The molecule has 1 aliphatic carbocycles. The summed E-state index contributed by atoms with van der Waals surface area (Å²) in [6.07, 6.45) is 2.26. The van der Waals surface area contributed by atoms with Crippen molar-refractivity contribution in [3.63, 3.8) is 0 Å². The second-order valence-electron chi connectivity index (χ2n) is 9.46. The molecule has 0 saturated carbocycles. The van der Waals surface area contributed by atoms with Gasteiger partial charge in [-0.3, -0.25) is 0 Å². The van der Waals surface area contributed by atoms with Crippen LogP contribution < -0.4 is 3.80 Å². The molecule has 0 fully saturated rings. The first kappa shape index (κ1) is 22.5. The molecule has 0 radical (unpaired) electrons. The Labute approximate surface area is 169 Å². The molecular formula is C20H34BCl2N2Ti. The minimum atomic E-state index is -4.27. The second kappa shape index (κ2) is 7.58. The van der Waals surface area contributed by atoms with Gasteiger partial charge in [0.2, 0.25) is 0 Å². The van der Waals surface area contributed by atoms with E-state index in [1.54, 1.807) is 0 Å². The summed E-state index contributed by atoms with van der Waals surface area (Å²) < 4.78 is 3.88. The summed E-state index contributed by atoms with van der Waals surface area (Å²) in [7, 11) is 15.3. The molecule has 1 unspecified atom stereocenters. The van der Waals surface area contributed by atoms with E-state index in [0.29, 0.717) is 12.1 Å². The van der Waals surface area contributed by atoms with Crippen LogP contribution >= 0.6 is 18.6 Å². The fourth-order valence-corrected chi connectivity index (χ4v) is 18.5. The second-order valence-corrected chi connectivity index (χ2v) is 23.1. The Bertz CT molecular complexity index is 687. The van der Waals surface area contributed by atoms with Gasteiger partial charge in [0.15, 0.2) is 0 Å². The van der Waals surface area contributed by atoms with Crippen LogP contribution in [0, 0.1) is 0 Å². The van der Waals surface area contributed by atoms with Crippen LogP contribution in [-0.4, -0.2) is 28.0 Å². The van der Waals surface area contributed by atoms with Crippen molar-refractivity contribution >= 4 is 30.3 Å². The van der Waals surface area contributed by atoms with Crippen molar-refractivity contribution in [2.24, 2.45) is 0 Å². The van der Waals surface area contributed by atoms with E-state index < -0.39 is 13.2 Å². The molecule has 1 aromatic rings. The Hall–Kier alpha value is 0.239. The molecule has 145 valence electrons. The average Bonchev–Trinajstić information content (AvgIpc) is 2.79. The number of allylic oxidation sites excluding steroid dienone is 1. The van der Waals surface area contributed by atoms with Crippen LogP contribution in [0.1, 0.15) is 70.7 Å². The predicted molar refractivity (Wildman–Crippen MR) is 117 cm³/mol. The molecule has 0 heterocycles. The molecular weight excluding hydrogens is 398 g/mol. The molecule has 1 aromatic carbocycles. The fraction of sp³-hybridized carbons (Fsp3) is 0.600. The van der Waals surface area contributed by atoms with E-state index in [4.69, 9.17) is 18.6 Å². The molecule has 0 saturated heterocycles. The van der Waals surface area contributed by atoms with Crippen LogP contribution in [-0.2, 0) is 13.2 Å². The zero-order valence-corrected chi connectivity index (χ0v) is 20.6. The van der Waals surface area contributed by atoms with Crippen molar-refractivity contribution in [3.05, 3.63) is 41.0 Å². The number of hydrogen-bond donors (Lipinski definition) is 1. The summed E-state index contributed by atoms with van der Waals surface area (Å²) in [4.78, 5) is 2.45. The van der Waals surface area contributed by atoms with Crippen LogP contribution in [0.15, 0.2) is 29.8 Å². The Morgan fingerprint density at radius 2 is 1.62 bits per heavy atom. The quantitative estimate of drug-likeness (QED) is 0.570. The molecule has 0 amide bonds. The van der Waals surface area contributed by atoms with E-state index >= 15 is 0 Å². The maximum atomic E-state index is 7.65. The molecule has 1 N–H and O–H groups in total. The summed E-state index contributed by atoms with van der Waals surface area (Å²) in [6, 6.07) is 9.31. The van der Waals surface area contributed by atoms with Crippen molar-refractivity contribution < 1.29 is 13.2 Å². The number of nitrogens with zero attached hydrogens (tertiary/aromatic N) is 1. The summed E-state index contributed by atoms with van der Waals surface area (Å²) in [5.74, 6) is 0. The average molecular weight is 432 g/mol. The van der Waals surface area contributed by atoms with Gasteiger partial charge in [0.1, 0.15) is 0 Å². The van der Waals surface area contributed by atoms with Gasteiger partial charge < -0.3 is 0 Å². The molecule has 0 aliphatic heterocycles. The van der Waals surface area contributed by atoms with E-state index in [0.717, 1.165) is 5.59 Å². The zero-order valence-electron chi connectivity index (χ0n) is 17.5. The van der Waals surface area contributed by atoms with E-state index in [1.165, 1.54) is 16.7 Å². The van der Waals surface area contributed by atoms with Gasteiger partial charge in [-0.25, -0.2) is 0 Å². The zero-order chi connectivity index (χ0) is 19.9. The van der Waals surface area contributed by atoms with Gasteiger partial charge in [-0.15, -0.1) is 0 Å². The van der Waals surface area contributed by atoms with Crippen molar-refractivity contribution in [3.8, 4) is 0 Å². The fourth-order valence-electron chi connectivity index (χ4n) is 4.50. The standard InChI is InChI=1S/C10H9.C6H15BN.C4H10N.2ClH.Ti/c1-8-6-9-4-2-3-5-10(9)7-8;1-5(2)8(7)6(3)4;1-4(2,3)5;;;/h2-7H,1H3;5-7H,1-4H3;5H,1-3H3;2*1H;/q;+1;-1;;;+2/p-2. The van der Waals surface area contributed by atoms with E-state index in [-0.39, 0.29) is 9.76 Å². The summed E-state index contributed by atoms with van der Waals surface area (Å²) in [5.41, 5.74) is 4.37. The van der Waals surface area contributed by atoms with Gasteiger partial charge in [0, 0.05) is 0 Å². The number of halogens is 2. The number of rotatable bonds is 6. The Morgan fingerprint density at radius 1 is 1.08 bits per heavy atom. The van der Waals surface area contributed by atoms with Crippen molar-refractivity contribution in [1.82, 2.24) is 8.61 Å². The van der Waals surface area contributed by atoms with E-state index in [2.05, 4.69) is 94.3 Å². The van der Waals surface area contributed by atoms with Crippen LogP contribution in [0.5, 0.6) is 0 Å². The molecule has 6 heteroatoms. The van der Waals surface area contributed by atoms with Gasteiger partial charge in [-0.2, -0.15) is 0 Å². The number of nitrogens with one attached hydrogen (secondary N) is 1. The Kier molecular flexibility index (Phi) is 6.57. The van der Waals surface area contributed by atoms with Crippen LogP contribution in [0.3, 0.4) is 0 Å². The summed E-state index contributed by atoms with van der Waals surface area (Å²) in [6.45, 7) is 17.6. The molecule has 2 rings (SSSR count). The van der Waals surface area contributed by atoms with Crippen LogP contribution in [0.25, 0.3) is 6.08 Å². The van der Waals surface area contributed by atoms with Crippen molar-refractivity contribution in [2.45, 2.75) is 77.2 Å². The van der Waals surface area contributed by atoms with E-state index in [1.807, 2.05) is 0 Å². The first-order valence-electron chi connectivity index (χ1n) is 9.64. The summed E-state index contributed by atoms with van der Waals surface area (Å²) in [5, 5.41) is 0. The summed E-state index contributed by atoms with van der Waals surface area (Å²) >= 11 is -4.27. The van der Waals surface area contributed by atoms with Crippen molar-refractivity contribution in [2.75, 3.05) is 0 Å². The molecule has 1 aliphatic rings. The molecule has 1 atom stereocenters. The van der Waals surface area contributed by atoms with Crippen LogP contribution in [0.2, 0.25) is 0 Å². The number of hydrogen-bond acceptors (Lipinski definition) is 2. The molecule has 0 bridgehead atoms. The van der Waals surface area contributed by atoms with Gasteiger partial charge in [-0.1, -0.05) is 0 Å².